The molecule has 1 aliphatic heterocycles. The number of aldehydes is 1. The normalized spacial score (nSPS) is 16.3. The van der Waals surface area contributed by atoms with E-state index in [4.69, 9.17) is 15.2 Å². The van der Waals surface area contributed by atoms with Crippen LogP contribution in [0.2, 0.25) is 0 Å². The number of carbonyl (C=O) groups is 2. The number of hydrogen-bond acceptors (Lipinski definition) is 7. The second-order valence-corrected chi connectivity index (χ2v) is 5.32. The van der Waals surface area contributed by atoms with Crippen LogP contribution in [0.3, 0.4) is 0 Å². The molecule has 2 rings (SSSR count). The maximum atomic E-state index is 11.1. The highest BCUT2D eigenvalue weighted by molar-refractivity contribution is 5.82. The second-order valence-electron chi connectivity index (χ2n) is 5.32. The number of ether oxygens (including phenoxy) is 2. The van der Waals surface area contributed by atoms with Gasteiger partial charge >= 0.3 is 0 Å². The van der Waals surface area contributed by atoms with Gasteiger partial charge in [-0.2, -0.15) is 0 Å². The van der Waals surface area contributed by atoms with E-state index in [1.54, 1.807) is 0 Å². The fourth-order valence-electron chi connectivity index (χ4n) is 2.47. The summed E-state index contributed by atoms with van der Waals surface area (Å²) in [6, 6.07) is 3.98. The molecule has 0 aromatic heterocycles. The number of nitrogens with zero attached hydrogens (tertiary/aromatic N) is 2. The Morgan fingerprint density at radius 1 is 1.46 bits per heavy atom. The molecule has 1 aromatic carbocycles. The monoisotopic (exact) mass is 337 g/mol. The summed E-state index contributed by atoms with van der Waals surface area (Å²) in [5.41, 5.74) is 4.86. The molecule has 0 aliphatic carbocycles. The predicted molar refractivity (Wildman–Crippen MR) is 83.7 cm³/mol. The molecule has 0 saturated carbocycles. The van der Waals surface area contributed by atoms with Gasteiger partial charge in [-0.1, -0.05) is 0 Å². The fraction of sp³-hybridized carbons (Fsp3) is 0.467. The van der Waals surface area contributed by atoms with Crippen molar-refractivity contribution < 1.29 is 24.0 Å². The molecule has 1 aliphatic rings. The van der Waals surface area contributed by atoms with Gasteiger partial charge in [0.25, 0.3) is 5.69 Å². The van der Waals surface area contributed by atoms with Crippen molar-refractivity contribution >= 4 is 17.9 Å². The van der Waals surface area contributed by atoms with Gasteiger partial charge < -0.3 is 15.2 Å². The summed E-state index contributed by atoms with van der Waals surface area (Å²) in [7, 11) is 0. The number of carbonyl (C=O) groups excluding carboxylic acids is 2. The Balaban J connectivity index is 2.16. The van der Waals surface area contributed by atoms with Crippen LogP contribution in [0.5, 0.6) is 5.75 Å². The fourth-order valence-corrected chi connectivity index (χ4v) is 2.47. The molecular weight excluding hydrogens is 318 g/mol. The van der Waals surface area contributed by atoms with Gasteiger partial charge in [-0.3, -0.25) is 24.6 Å². The molecule has 0 spiro atoms. The van der Waals surface area contributed by atoms with Crippen LogP contribution in [0.25, 0.3) is 0 Å². The summed E-state index contributed by atoms with van der Waals surface area (Å²) < 4.78 is 11.2. The largest absolute Gasteiger partial charge is 0.475 e. The Kier molecular flexibility index (Phi) is 6.21. The summed E-state index contributed by atoms with van der Waals surface area (Å²) in [4.78, 5) is 34.4. The van der Waals surface area contributed by atoms with Crippen LogP contribution in [0.4, 0.5) is 5.69 Å². The predicted octanol–water partition coefficient (Wildman–Crippen LogP) is 0.710. The van der Waals surface area contributed by atoms with Gasteiger partial charge in [0.1, 0.15) is 5.75 Å². The van der Waals surface area contributed by atoms with Crippen LogP contribution in [-0.4, -0.2) is 54.5 Å². The maximum absolute atomic E-state index is 11.1. The molecular formula is C15H19N3O6. The molecule has 24 heavy (non-hydrogen) atoms. The van der Waals surface area contributed by atoms with E-state index < -0.39 is 17.1 Å². The van der Waals surface area contributed by atoms with E-state index in [-0.39, 0.29) is 17.7 Å². The lowest BCUT2D eigenvalue weighted by molar-refractivity contribution is -0.385. The average molecular weight is 337 g/mol. The van der Waals surface area contributed by atoms with Crippen LogP contribution in [0.1, 0.15) is 23.2 Å². The van der Waals surface area contributed by atoms with Crippen LogP contribution < -0.4 is 10.5 Å². The highest BCUT2D eigenvalue weighted by Crippen LogP contribution is 2.25. The first-order valence-corrected chi connectivity index (χ1v) is 7.51. The Hall–Kier alpha value is -2.52. The van der Waals surface area contributed by atoms with Crippen molar-refractivity contribution in [3.05, 3.63) is 33.9 Å². The molecule has 1 unspecified atom stereocenters. The molecule has 0 bridgehead atoms. The van der Waals surface area contributed by atoms with Crippen LogP contribution >= 0.6 is 0 Å². The molecule has 1 atom stereocenters. The van der Waals surface area contributed by atoms with E-state index in [0.29, 0.717) is 44.8 Å². The highest BCUT2D eigenvalue weighted by atomic mass is 16.6. The van der Waals surface area contributed by atoms with E-state index in [1.165, 1.54) is 18.2 Å². The number of benzene rings is 1. The van der Waals surface area contributed by atoms with E-state index in [0.717, 1.165) is 0 Å². The first-order valence-electron chi connectivity index (χ1n) is 7.51. The van der Waals surface area contributed by atoms with Crippen molar-refractivity contribution in [2.24, 2.45) is 5.73 Å². The third-order valence-electron chi connectivity index (χ3n) is 3.69. The number of rotatable bonds is 8. The SMILES string of the molecule is NC(=O)CCC(Oc1ccc([N+](=O)[O-])c(C=O)c1)N1CCOCC1. The van der Waals surface area contributed by atoms with Gasteiger partial charge in [-0.15, -0.1) is 0 Å². The number of nitrogens with two attached hydrogens (primary N) is 1. The highest BCUT2D eigenvalue weighted by Gasteiger charge is 2.24. The molecule has 9 nitrogen and oxygen atoms in total. The number of amides is 1. The molecule has 1 saturated heterocycles. The summed E-state index contributed by atoms with van der Waals surface area (Å²) in [6.07, 6.45) is 0.513. The van der Waals surface area contributed by atoms with Crippen molar-refractivity contribution in [1.29, 1.82) is 0 Å². The van der Waals surface area contributed by atoms with Crippen LogP contribution in [0.15, 0.2) is 18.2 Å². The zero-order chi connectivity index (χ0) is 17.5. The zero-order valence-electron chi connectivity index (χ0n) is 13.1. The number of nitro groups is 1. The first kappa shape index (κ1) is 17.8. The van der Waals surface area contributed by atoms with Crippen LogP contribution in [-0.2, 0) is 9.53 Å². The quantitative estimate of drug-likeness (QED) is 0.420. The standard InChI is InChI=1S/C15H19N3O6/c16-14(20)3-4-15(17-5-7-23-8-6-17)24-12-1-2-13(18(21)22)11(9-12)10-19/h1-2,9-10,15H,3-8H2,(H2,16,20). The first-order chi connectivity index (χ1) is 11.5. The lowest BCUT2D eigenvalue weighted by Gasteiger charge is -2.34. The lowest BCUT2D eigenvalue weighted by Crippen LogP contribution is -2.46. The topological polar surface area (TPSA) is 125 Å². The molecule has 1 aromatic rings. The molecule has 130 valence electrons. The number of primary amides is 1. The van der Waals surface area contributed by atoms with E-state index >= 15 is 0 Å². The zero-order valence-corrected chi connectivity index (χ0v) is 13.1. The summed E-state index contributed by atoms with van der Waals surface area (Å²) >= 11 is 0. The molecule has 1 fully saturated rings. The van der Waals surface area contributed by atoms with Crippen molar-refractivity contribution in [2.45, 2.75) is 19.1 Å². The Morgan fingerprint density at radius 3 is 2.75 bits per heavy atom. The lowest BCUT2D eigenvalue weighted by atomic mass is 10.2. The van der Waals surface area contributed by atoms with Crippen molar-refractivity contribution in [1.82, 2.24) is 4.90 Å². The van der Waals surface area contributed by atoms with Crippen molar-refractivity contribution in [2.75, 3.05) is 26.3 Å². The van der Waals surface area contributed by atoms with Gasteiger partial charge in [-0.05, 0) is 12.1 Å². The summed E-state index contributed by atoms with van der Waals surface area (Å²) in [6.45, 7) is 2.38. The molecule has 9 heteroatoms. The molecule has 0 radical (unpaired) electrons. The minimum Gasteiger partial charge on any atom is -0.475 e. The third kappa shape index (κ3) is 4.74. The maximum Gasteiger partial charge on any atom is 0.280 e. The number of hydrogen-bond donors (Lipinski definition) is 1. The number of morpholine rings is 1. The molecule has 2 N–H and O–H groups in total. The minimum absolute atomic E-state index is 0.0619. The minimum atomic E-state index is -0.625. The molecule has 1 heterocycles. The Labute approximate surface area is 138 Å². The van der Waals surface area contributed by atoms with E-state index in [2.05, 4.69) is 0 Å². The van der Waals surface area contributed by atoms with Gasteiger partial charge in [-0.25, -0.2) is 0 Å². The third-order valence-corrected chi connectivity index (χ3v) is 3.69. The summed E-state index contributed by atoms with van der Waals surface area (Å²) in [5.74, 6) is -0.113. The van der Waals surface area contributed by atoms with Gasteiger partial charge in [0.2, 0.25) is 5.91 Å². The van der Waals surface area contributed by atoms with Gasteiger partial charge in [0, 0.05) is 32.0 Å². The van der Waals surface area contributed by atoms with Crippen molar-refractivity contribution in [3.8, 4) is 5.75 Å². The van der Waals surface area contributed by atoms with E-state index in [9.17, 15) is 19.7 Å². The Bertz CT molecular complexity index is 615. The average Bonchev–Trinajstić information content (AvgIpc) is 2.58. The van der Waals surface area contributed by atoms with Gasteiger partial charge in [0.05, 0.1) is 23.7 Å². The summed E-state index contributed by atoms with van der Waals surface area (Å²) in [5, 5.41) is 10.9. The van der Waals surface area contributed by atoms with Crippen LogP contribution in [0, 0.1) is 10.1 Å². The second kappa shape index (κ2) is 8.37. The number of nitro benzene ring substituents is 1. The van der Waals surface area contributed by atoms with E-state index in [1.807, 2.05) is 4.90 Å². The van der Waals surface area contributed by atoms with Gasteiger partial charge in [0.15, 0.2) is 12.5 Å². The van der Waals surface area contributed by atoms with Crippen molar-refractivity contribution in [3.63, 3.8) is 0 Å². The smallest absolute Gasteiger partial charge is 0.280 e. The Morgan fingerprint density at radius 2 is 2.17 bits per heavy atom. The molecule has 1 amide bonds.